The van der Waals surface area contributed by atoms with Crippen molar-refractivity contribution in [1.82, 2.24) is 19.1 Å². The number of nitrogens with one attached hydrogen (secondary N) is 1. The topological polar surface area (TPSA) is 123 Å². The van der Waals surface area contributed by atoms with E-state index in [9.17, 15) is 23.1 Å². The normalized spacial score (nSPS) is 17.1. The van der Waals surface area contributed by atoms with Gasteiger partial charge in [0.15, 0.2) is 0 Å². The molecule has 0 unspecified atom stereocenters. The molecule has 2 fully saturated rings. The van der Waals surface area contributed by atoms with Crippen molar-refractivity contribution < 1.29 is 23.1 Å². The molecule has 0 atom stereocenters. The van der Waals surface area contributed by atoms with Gasteiger partial charge < -0.3 is 9.67 Å². The molecule has 2 N–H and O–H groups in total. The summed E-state index contributed by atoms with van der Waals surface area (Å²) in [6.07, 6.45) is 11.7. The summed E-state index contributed by atoms with van der Waals surface area (Å²) in [6, 6.07) is 12.3. The fourth-order valence-electron chi connectivity index (χ4n) is 7.80. The molecule has 0 radical (unpaired) electrons. The van der Waals surface area contributed by atoms with Crippen molar-refractivity contribution in [2.75, 3.05) is 0 Å². The summed E-state index contributed by atoms with van der Waals surface area (Å²) in [5, 5.41) is 15.6. The van der Waals surface area contributed by atoms with Gasteiger partial charge in [0.25, 0.3) is 5.91 Å². The van der Waals surface area contributed by atoms with Gasteiger partial charge in [0, 0.05) is 22.0 Å². The number of aryl methyl sites for hydroxylation is 2. The molecular weight excluding hydrogens is 625 g/mol. The van der Waals surface area contributed by atoms with Crippen LogP contribution in [0.1, 0.15) is 133 Å². The molecule has 0 bridgehead atoms. The third kappa shape index (κ3) is 5.47. The maximum Gasteiger partial charge on any atom is 0.339 e. The van der Waals surface area contributed by atoms with Crippen molar-refractivity contribution in [2.24, 2.45) is 0 Å². The molecule has 7 rings (SSSR count). The number of sulfonamides is 1. The number of carboxylic acids is 1. The Morgan fingerprint density at radius 3 is 2.40 bits per heavy atom. The number of amides is 1. The van der Waals surface area contributed by atoms with Crippen molar-refractivity contribution in [1.29, 1.82) is 0 Å². The van der Waals surface area contributed by atoms with E-state index in [1.807, 2.05) is 16.8 Å². The van der Waals surface area contributed by atoms with Gasteiger partial charge in [0.1, 0.15) is 5.56 Å². The summed E-state index contributed by atoms with van der Waals surface area (Å²) in [5.74, 6) is -1.33. The molecule has 0 spiro atoms. The van der Waals surface area contributed by atoms with E-state index in [-0.39, 0.29) is 17.2 Å². The highest BCUT2D eigenvalue weighted by molar-refractivity contribution is 7.90. The Balaban J connectivity index is 1.51. The number of aromatic nitrogens is 3. The summed E-state index contributed by atoms with van der Waals surface area (Å²) in [5.41, 5.74) is 9.00. The Labute approximate surface area is 282 Å². The quantitative estimate of drug-likeness (QED) is 0.197. The first kappa shape index (κ1) is 32.4. The number of carboxylic acid groups (broad SMARTS) is 1. The van der Waals surface area contributed by atoms with Crippen LogP contribution in [0, 0.1) is 6.92 Å². The molecular formula is C38H44N4O5S. The molecule has 4 aromatic rings. The van der Waals surface area contributed by atoms with Crippen LogP contribution < -0.4 is 4.72 Å². The average Bonchev–Trinajstić information content (AvgIpc) is 3.47. The van der Waals surface area contributed by atoms with E-state index in [0.29, 0.717) is 23.9 Å². The zero-order valence-electron chi connectivity index (χ0n) is 28.2. The number of carbonyl (C=O) groups excluding carboxylic acids is 1. The molecule has 3 aliphatic rings. The maximum absolute atomic E-state index is 13.4. The lowest BCUT2D eigenvalue weighted by atomic mass is 9.81. The van der Waals surface area contributed by atoms with E-state index in [2.05, 4.69) is 40.5 Å². The third-order valence-electron chi connectivity index (χ3n) is 10.7. The van der Waals surface area contributed by atoms with Crippen molar-refractivity contribution in [2.45, 2.75) is 109 Å². The molecule has 252 valence electrons. The summed E-state index contributed by atoms with van der Waals surface area (Å²) in [7, 11) is -3.83. The summed E-state index contributed by atoms with van der Waals surface area (Å²) >= 11 is 0. The molecule has 2 aromatic carbocycles. The van der Waals surface area contributed by atoms with Crippen LogP contribution in [-0.2, 0) is 23.0 Å². The Hall–Kier alpha value is -4.18. The lowest BCUT2D eigenvalue weighted by Gasteiger charge is -2.28. The second-order valence-corrected chi connectivity index (χ2v) is 16.3. The Morgan fingerprint density at radius 2 is 1.75 bits per heavy atom. The fourth-order valence-corrected chi connectivity index (χ4v) is 8.42. The van der Waals surface area contributed by atoms with E-state index in [1.165, 1.54) is 17.5 Å². The standard InChI is InChI=1S/C38H44N4O5S/c1-5-24-14-16-30-27(18-24)19-28(35-33(38(44)45)23(4)39-42(35)29-12-9-13-29)21-41-32-20-26(37(43)40-48(46,47)22(2)3)15-17-31(32)34(36(30)41)25-10-7-6-8-11-25/h14-20,22,25,29H,5-13,21H2,1-4H3,(H,40,43)(H,44,45). The monoisotopic (exact) mass is 668 g/mol. The minimum absolute atomic E-state index is 0.147. The predicted octanol–water partition coefficient (Wildman–Crippen LogP) is 7.87. The highest BCUT2D eigenvalue weighted by atomic mass is 32.2. The predicted molar refractivity (Wildman–Crippen MR) is 189 cm³/mol. The van der Waals surface area contributed by atoms with Crippen molar-refractivity contribution in [3.63, 3.8) is 0 Å². The first-order valence-corrected chi connectivity index (χ1v) is 18.9. The van der Waals surface area contributed by atoms with E-state index < -0.39 is 27.1 Å². The fraction of sp³-hybridized carbons (Fsp3) is 0.447. The Kier molecular flexibility index (Phi) is 8.34. The lowest BCUT2D eigenvalue weighted by Crippen LogP contribution is -2.35. The number of nitrogens with zero attached hydrogens (tertiary/aromatic N) is 3. The molecule has 48 heavy (non-hydrogen) atoms. The summed E-state index contributed by atoms with van der Waals surface area (Å²) in [4.78, 5) is 26.2. The van der Waals surface area contributed by atoms with Crippen molar-refractivity contribution in [3.8, 4) is 11.3 Å². The van der Waals surface area contributed by atoms with Gasteiger partial charge in [0.2, 0.25) is 10.0 Å². The minimum Gasteiger partial charge on any atom is -0.478 e. The summed E-state index contributed by atoms with van der Waals surface area (Å²) < 4.78 is 31.8. The van der Waals surface area contributed by atoms with Crippen LogP contribution in [0.5, 0.6) is 0 Å². The number of allylic oxidation sites excluding steroid dienone is 1. The van der Waals surface area contributed by atoms with Crippen LogP contribution in [0.15, 0.2) is 36.4 Å². The molecule has 2 aromatic heterocycles. The second kappa shape index (κ2) is 12.4. The Morgan fingerprint density at radius 1 is 1.00 bits per heavy atom. The van der Waals surface area contributed by atoms with Gasteiger partial charge in [-0.25, -0.2) is 17.9 Å². The first-order chi connectivity index (χ1) is 23.0. The zero-order valence-corrected chi connectivity index (χ0v) is 29.0. The van der Waals surface area contributed by atoms with Crippen molar-refractivity contribution in [3.05, 3.63) is 75.6 Å². The molecule has 1 amide bonds. The van der Waals surface area contributed by atoms with Crippen LogP contribution in [0.3, 0.4) is 0 Å². The number of carbonyl (C=O) groups is 2. The van der Waals surface area contributed by atoms with Gasteiger partial charge in [-0.1, -0.05) is 50.5 Å². The van der Waals surface area contributed by atoms with Gasteiger partial charge in [0.05, 0.1) is 34.9 Å². The van der Waals surface area contributed by atoms with Crippen LogP contribution in [0.25, 0.3) is 33.8 Å². The molecule has 0 saturated heterocycles. The Bertz CT molecular complexity index is 2090. The first-order valence-electron chi connectivity index (χ1n) is 17.4. The highest BCUT2D eigenvalue weighted by Crippen LogP contribution is 2.48. The van der Waals surface area contributed by atoms with Gasteiger partial charge >= 0.3 is 5.97 Å². The minimum atomic E-state index is -3.83. The summed E-state index contributed by atoms with van der Waals surface area (Å²) in [6.45, 7) is 7.37. The smallest absolute Gasteiger partial charge is 0.339 e. The average molecular weight is 669 g/mol. The van der Waals surface area contributed by atoms with E-state index in [0.717, 1.165) is 84.7 Å². The van der Waals surface area contributed by atoms with E-state index >= 15 is 0 Å². The molecule has 3 heterocycles. The highest BCUT2D eigenvalue weighted by Gasteiger charge is 2.34. The molecule has 2 saturated carbocycles. The van der Waals surface area contributed by atoms with Crippen LogP contribution in [0.4, 0.5) is 0 Å². The van der Waals surface area contributed by atoms with E-state index in [4.69, 9.17) is 5.10 Å². The van der Waals surface area contributed by atoms with Crippen LogP contribution >= 0.6 is 0 Å². The number of fused-ring (bicyclic) bond motifs is 5. The molecule has 2 aliphatic carbocycles. The van der Waals surface area contributed by atoms with Gasteiger partial charge in [-0.15, -0.1) is 0 Å². The SMILES string of the molecule is CCc1ccc2c(c1)C=C(c1c(C(=O)O)c(C)nn1C1CCC1)Cn1c-2c(C2CCCCC2)c2ccc(C(=O)NS(=O)(=O)C(C)C)cc21. The van der Waals surface area contributed by atoms with Crippen molar-refractivity contribution >= 4 is 44.5 Å². The number of benzene rings is 2. The number of rotatable bonds is 8. The second-order valence-electron chi connectivity index (χ2n) is 14.0. The zero-order chi connectivity index (χ0) is 33.9. The lowest BCUT2D eigenvalue weighted by molar-refractivity contribution is 0.0695. The van der Waals surface area contributed by atoms with Crippen LogP contribution in [-0.4, -0.2) is 45.0 Å². The van der Waals surface area contributed by atoms with Gasteiger partial charge in [-0.05, 0) is 106 Å². The molecule has 9 nitrogen and oxygen atoms in total. The maximum atomic E-state index is 13.4. The number of aromatic carboxylic acids is 1. The van der Waals surface area contributed by atoms with Gasteiger partial charge in [-0.2, -0.15) is 5.10 Å². The molecule has 10 heteroatoms. The van der Waals surface area contributed by atoms with Gasteiger partial charge in [-0.3, -0.25) is 9.48 Å². The third-order valence-corrected chi connectivity index (χ3v) is 12.4. The van der Waals surface area contributed by atoms with Crippen LogP contribution in [0.2, 0.25) is 0 Å². The molecule has 1 aliphatic heterocycles. The van der Waals surface area contributed by atoms with E-state index in [1.54, 1.807) is 26.8 Å². The number of hydrogen-bond donors (Lipinski definition) is 2. The number of hydrogen-bond acceptors (Lipinski definition) is 5. The largest absolute Gasteiger partial charge is 0.478 e.